The fourth-order valence-corrected chi connectivity index (χ4v) is 3.94. The SMILES string of the molecule is O=C(NCCc1cccs1)C1=CC=CN2CCS(=O)(=O)N=C12. The number of fused-ring (bicyclic) bond motifs is 1. The highest BCUT2D eigenvalue weighted by Crippen LogP contribution is 2.17. The quantitative estimate of drug-likeness (QED) is 0.885. The van der Waals surface area contributed by atoms with Crippen molar-refractivity contribution in [1.29, 1.82) is 0 Å². The van der Waals surface area contributed by atoms with E-state index in [9.17, 15) is 13.2 Å². The number of amidine groups is 1. The molecule has 2 aliphatic rings. The summed E-state index contributed by atoms with van der Waals surface area (Å²) in [4.78, 5) is 15.2. The van der Waals surface area contributed by atoms with Gasteiger partial charge in [0.1, 0.15) is 0 Å². The van der Waals surface area contributed by atoms with E-state index in [0.717, 1.165) is 6.42 Å². The molecule has 0 atom stereocenters. The molecule has 1 aromatic rings. The molecule has 0 aromatic carbocycles. The number of thiophene rings is 1. The predicted octanol–water partition coefficient (Wildman–Crippen LogP) is 0.904. The van der Waals surface area contributed by atoms with E-state index in [2.05, 4.69) is 9.71 Å². The molecule has 8 heteroatoms. The summed E-state index contributed by atoms with van der Waals surface area (Å²) in [5.74, 6) is -0.127. The maximum absolute atomic E-state index is 12.3. The molecule has 0 saturated carbocycles. The molecule has 2 aliphatic heterocycles. The Morgan fingerprint density at radius 3 is 3.09 bits per heavy atom. The molecule has 0 fully saturated rings. The van der Waals surface area contributed by atoms with Gasteiger partial charge in [-0.25, -0.2) is 8.42 Å². The van der Waals surface area contributed by atoms with Crippen LogP contribution in [0.2, 0.25) is 0 Å². The van der Waals surface area contributed by atoms with E-state index in [1.54, 1.807) is 34.6 Å². The van der Waals surface area contributed by atoms with Crippen molar-refractivity contribution in [2.24, 2.45) is 4.40 Å². The number of carbonyl (C=O) groups is 1. The van der Waals surface area contributed by atoms with Gasteiger partial charge in [-0.1, -0.05) is 6.07 Å². The smallest absolute Gasteiger partial charge is 0.256 e. The van der Waals surface area contributed by atoms with Crippen molar-refractivity contribution >= 4 is 33.1 Å². The van der Waals surface area contributed by atoms with Crippen LogP contribution in [0, 0.1) is 0 Å². The Hall–Kier alpha value is -1.93. The van der Waals surface area contributed by atoms with Gasteiger partial charge in [-0.05, 0) is 30.0 Å². The lowest BCUT2D eigenvalue weighted by Gasteiger charge is -2.28. The molecule has 0 bridgehead atoms. The third-order valence-corrected chi connectivity index (χ3v) is 5.43. The number of nitrogens with one attached hydrogen (secondary N) is 1. The monoisotopic (exact) mass is 337 g/mol. The summed E-state index contributed by atoms with van der Waals surface area (Å²) in [7, 11) is -3.48. The van der Waals surface area contributed by atoms with Gasteiger partial charge in [0.2, 0.25) is 0 Å². The highest BCUT2D eigenvalue weighted by molar-refractivity contribution is 7.90. The van der Waals surface area contributed by atoms with E-state index in [0.29, 0.717) is 13.1 Å². The topological polar surface area (TPSA) is 78.8 Å². The van der Waals surface area contributed by atoms with Gasteiger partial charge in [-0.3, -0.25) is 4.79 Å². The summed E-state index contributed by atoms with van der Waals surface area (Å²) in [6, 6.07) is 3.98. The number of allylic oxidation sites excluding steroid dienone is 2. The standard InChI is InChI=1S/C14H15N3O3S2/c18-14(15-6-5-11-3-2-9-21-11)12-4-1-7-17-8-10-22(19,20)16-13(12)17/h1-4,7,9H,5-6,8,10H2,(H,15,18). The predicted molar refractivity (Wildman–Crippen MR) is 86.2 cm³/mol. The second-order valence-electron chi connectivity index (χ2n) is 4.90. The summed E-state index contributed by atoms with van der Waals surface area (Å²) in [6.07, 6.45) is 5.80. The first-order valence-corrected chi connectivity index (χ1v) is 9.33. The molecule has 0 saturated heterocycles. The number of carbonyl (C=O) groups excluding carboxylic acids is 1. The van der Waals surface area contributed by atoms with Crippen LogP contribution >= 0.6 is 11.3 Å². The molecular weight excluding hydrogens is 322 g/mol. The number of amides is 1. The summed E-state index contributed by atoms with van der Waals surface area (Å²) >= 11 is 1.64. The maximum Gasteiger partial charge on any atom is 0.256 e. The Bertz CT molecular complexity index is 761. The lowest BCUT2D eigenvalue weighted by atomic mass is 10.1. The van der Waals surface area contributed by atoms with Crippen molar-refractivity contribution in [1.82, 2.24) is 10.2 Å². The van der Waals surface area contributed by atoms with Crippen molar-refractivity contribution in [3.8, 4) is 0 Å². The van der Waals surface area contributed by atoms with Crippen LogP contribution in [0.4, 0.5) is 0 Å². The Morgan fingerprint density at radius 1 is 1.45 bits per heavy atom. The number of hydrogen-bond acceptors (Lipinski definition) is 5. The minimum Gasteiger partial charge on any atom is -0.352 e. The molecule has 1 aromatic heterocycles. The Kier molecular flexibility index (Phi) is 4.12. The summed E-state index contributed by atoms with van der Waals surface area (Å²) in [5.41, 5.74) is 0.289. The average molecular weight is 337 g/mol. The van der Waals surface area contributed by atoms with Gasteiger partial charge < -0.3 is 10.2 Å². The second-order valence-corrected chi connectivity index (χ2v) is 7.69. The Labute approximate surface area is 132 Å². The molecule has 116 valence electrons. The van der Waals surface area contributed by atoms with Crippen molar-refractivity contribution in [2.45, 2.75) is 6.42 Å². The van der Waals surface area contributed by atoms with Crippen LogP contribution < -0.4 is 5.32 Å². The van der Waals surface area contributed by atoms with Crippen LogP contribution in [0.25, 0.3) is 0 Å². The van der Waals surface area contributed by atoms with Crippen LogP contribution in [0.5, 0.6) is 0 Å². The van der Waals surface area contributed by atoms with Crippen LogP contribution in [-0.4, -0.2) is 43.9 Å². The third kappa shape index (κ3) is 3.28. The fraction of sp³-hybridized carbons (Fsp3) is 0.286. The Morgan fingerprint density at radius 2 is 2.32 bits per heavy atom. The first kappa shape index (κ1) is 15.0. The van der Waals surface area contributed by atoms with Crippen molar-refractivity contribution in [3.05, 3.63) is 46.3 Å². The second kappa shape index (κ2) is 6.05. The van der Waals surface area contributed by atoms with Gasteiger partial charge in [-0.2, -0.15) is 0 Å². The van der Waals surface area contributed by atoms with E-state index in [1.807, 2.05) is 17.5 Å². The molecule has 0 aliphatic carbocycles. The zero-order chi connectivity index (χ0) is 15.6. The van der Waals surface area contributed by atoms with Crippen LogP contribution in [0.15, 0.2) is 45.8 Å². The van der Waals surface area contributed by atoms with Crippen LogP contribution in [0.3, 0.4) is 0 Å². The van der Waals surface area contributed by atoms with Gasteiger partial charge in [-0.15, -0.1) is 15.7 Å². The number of rotatable bonds is 4. The molecule has 0 unspecified atom stereocenters. The van der Waals surface area contributed by atoms with Gasteiger partial charge in [0.25, 0.3) is 15.9 Å². The van der Waals surface area contributed by atoms with E-state index >= 15 is 0 Å². The summed E-state index contributed by atoms with van der Waals surface area (Å²) in [6.45, 7) is 0.817. The van der Waals surface area contributed by atoms with E-state index < -0.39 is 10.0 Å². The molecular formula is C14H15N3O3S2. The number of sulfonamides is 1. The highest BCUT2D eigenvalue weighted by Gasteiger charge is 2.29. The van der Waals surface area contributed by atoms with Gasteiger partial charge in [0.05, 0.1) is 11.3 Å². The van der Waals surface area contributed by atoms with Gasteiger partial charge in [0.15, 0.2) is 5.84 Å². The molecule has 22 heavy (non-hydrogen) atoms. The highest BCUT2D eigenvalue weighted by atomic mass is 32.2. The molecule has 6 nitrogen and oxygen atoms in total. The third-order valence-electron chi connectivity index (χ3n) is 3.34. The zero-order valence-electron chi connectivity index (χ0n) is 11.7. The van der Waals surface area contributed by atoms with E-state index in [1.165, 1.54) is 4.88 Å². The van der Waals surface area contributed by atoms with Crippen molar-refractivity contribution in [2.75, 3.05) is 18.8 Å². The van der Waals surface area contributed by atoms with Crippen LogP contribution in [0.1, 0.15) is 4.88 Å². The number of hydrogen-bond donors (Lipinski definition) is 1. The summed E-state index contributed by atoms with van der Waals surface area (Å²) in [5, 5.41) is 4.81. The average Bonchev–Trinajstić information content (AvgIpc) is 2.99. The number of nitrogens with zero attached hydrogens (tertiary/aromatic N) is 2. The van der Waals surface area contributed by atoms with Crippen molar-refractivity contribution < 1.29 is 13.2 Å². The minimum atomic E-state index is -3.48. The molecule has 1 N–H and O–H groups in total. The molecule has 1 amide bonds. The first-order chi connectivity index (χ1) is 10.6. The molecule has 3 rings (SSSR count). The molecule has 0 spiro atoms. The maximum atomic E-state index is 12.3. The minimum absolute atomic E-state index is 0.0336. The van der Waals surface area contributed by atoms with E-state index in [4.69, 9.17) is 0 Å². The van der Waals surface area contributed by atoms with Gasteiger partial charge >= 0.3 is 0 Å². The lowest BCUT2D eigenvalue weighted by Crippen LogP contribution is -2.42. The largest absolute Gasteiger partial charge is 0.352 e. The molecule has 3 heterocycles. The van der Waals surface area contributed by atoms with Gasteiger partial charge in [0, 0.05) is 24.2 Å². The lowest BCUT2D eigenvalue weighted by molar-refractivity contribution is -0.117. The zero-order valence-corrected chi connectivity index (χ0v) is 13.4. The van der Waals surface area contributed by atoms with E-state index in [-0.39, 0.29) is 23.1 Å². The first-order valence-electron chi connectivity index (χ1n) is 6.84. The summed E-state index contributed by atoms with van der Waals surface area (Å²) < 4.78 is 27.0. The molecule has 0 radical (unpaired) electrons. The van der Waals surface area contributed by atoms with Crippen molar-refractivity contribution in [3.63, 3.8) is 0 Å². The fourth-order valence-electron chi connectivity index (χ4n) is 2.24. The normalized spacial score (nSPS) is 19.2. The van der Waals surface area contributed by atoms with Crippen LogP contribution in [-0.2, 0) is 21.2 Å². The Balaban J connectivity index is 1.70.